The molecule has 0 spiro atoms. The van der Waals surface area contributed by atoms with E-state index in [1.54, 1.807) is 50.5 Å². The standard InChI is InChI=1S/C18H22N4O2.2ClH/c1-12(13(2)19)17(23)22-16-8-4-3-7-15(16)18(24)21-11-14-6-5-9-20-10-14;;/h3-10,12-13H,11,19H2,1-2H3,(H,21,24)(H,22,23);2*1H. The molecular weight excluding hydrogens is 375 g/mol. The highest BCUT2D eigenvalue weighted by molar-refractivity contribution is 6.04. The molecule has 0 bridgehead atoms. The molecule has 8 heteroatoms. The predicted molar refractivity (Wildman–Crippen MR) is 108 cm³/mol. The second-order valence-corrected chi connectivity index (χ2v) is 5.73. The molecule has 1 heterocycles. The average molecular weight is 399 g/mol. The van der Waals surface area contributed by atoms with E-state index in [4.69, 9.17) is 5.73 Å². The van der Waals surface area contributed by atoms with Crippen LogP contribution in [0.5, 0.6) is 0 Å². The summed E-state index contributed by atoms with van der Waals surface area (Å²) in [6.07, 6.45) is 3.37. The van der Waals surface area contributed by atoms with Gasteiger partial charge in [0.15, 0.2) is 0 Å². The molecule has 142 valence electrons. The quantitative estimate of drug-likeness (QED) is 0.696. The van der Waals surface area contributed by atoms with Crippen LogP contribution in [-0.4, -0.2) is 22.8 Å². The molecule has 2 unspecified atom stereocenters. The van der Waals surface area contributed by atoms with Crippen molar-refractivity contribution in [2.24, 2.45) is 11.7 Å². The van der Waals surface area contributed by atoms with Crippen molar-refractivity contribution in [1.29, 1.82) is 0 Å². The molecule has 0 aliphatic rings. The van der Waals surface area contributed by atoms with Gasteiger partial charge in [0.25, 0.3) is 5.91 Å². The molecule has 26 heavy (non-hydrogen) atoms. The van der Waals surface area contributed by atoms with Crippen LogP contribution >= 0.6 is 24.8 Å². The summed E-state index contributed by atoms with van der Waals surface area (Å²) < 4.78 is 0. The van der Waals surface area contributed by atoms with E-state index in [2.05, 4.69) is 15.6 Å². The van der Waals surface area contributed by atoms with Crippen molar-refractivity contribution in [3.05, 3.63) is 59.9 Å². The number of anilines is 1. The number of carbonyl (C=O) groups excluding carboxylic acids is 2. The molecule has 0 radical (unpaired) electrons. The van der Waals surface area contributed by atoms with Gasteiger partial charge >= 0.3 is 0 Å². The third kappa shape index (κ3) is 6.63. The van der Waals surface area contributed by atoms with Crippen molar-refractivity contribution in [2.45, 2.75) is 26.4 Å². The van der Waals surface area contributed by atoms with Crippen LogP contribution < -0.4 is 16.4 Å². The number of rotatable bonds is 6. The number of aromatic nitrogens is 1. The summed E-state index contributed by atoms with van der Waals surface area (Å²) in [5, 5.41) is 5.60. The summed E-state index contributed by atoms with van der Waals surface area (Å²) in [5.74, 6) is -0.822. The topological polar surface area (TPSA) is 97.1 Å². The van der Waals surface area contributed by atoms with Crippen LogP contribution in [0.15, 0.2) is 48.8 Å². The van der Waals surface area contributed by atoms with Crippen molar-refractivity contribution in [2.75, 3.05) is 5.32 Å². The van der Waals surface area contributed by atoms with E-state index in [0.717, 1.165) is 5.56 Å². The van der Waals surface area contributed by atoms with E-state index in [1.165, 1.54) is 0 Å². The number of hydrogen-bond acceptors (Lipinski definition) is 4. The van der Waals surface area contributed by atoms with Crippen LogP contribution in [0.1, 0.15) is 29.8 Å². The fourth-order valence-corrected chi connectivity index (χ4v) is 2.06. The number of hydrogen-bond donors (Lipinski definition) is 3. The van der Waals surface area contributed by atoms with Crippen LogP contribution in [0, 0.1) is 5.92 Å². The number of amides is 2. The molecule has 2 amide bonds. The Morgan fingerprint density at radius 2 is 1.81 bits per heavy atom. The number of benzene rings is 1. The van der Waals surface area contributed by atoms with E-state index in [0.29, 0.717) is 17.8 Å². The number of nitrogens with zero attached hydrogens (tertiary/aromatic N) is 1. The van der Waals surface area contributed by atoms with Gasteiger partial charge in [0, 0.05) is 25.0 Å². The summed E-state index contributed by atoms with van der Waals surface area (Å²) in [4.78, 5) is 28.6. The molecule has 0 saturated heterocycles. The van der Waals surface area contributed by atoms with Gasteiger partial charge in [-0.25, -0.2) is 0 Å². The highest BCUT2D eigenvalue weighted by Gasteiger charge is 2.19. The molecule has 0 aliphatic carbocycles. The van der Waals surface area contributed by atoms with Gasteiger partial charge in [-0.15, -0.1) is 24.8 Å². The molecule has 2 aromatic rings. The Hall–Kier alpha value is -2.15. The first-order valence-corrected chi connectivity index (χ1v) is 7.81. The van der Waals surface area contributed by atoms with Crippen molar-refractivity contribution in [1.82, 2.24) is 10.3 Å². The number of pyridine rings is 1. The first-order valence-electron chi connectivity index (χ1n) is 7.81. The fraction of sp³-hybridized carbons (Fsp3) is 0.278. The lowest BCUT2D eigenvalue weighted by Gasteiger charge is -2.17. The zero-order chi connectivity index (χ0) is 17.5. The van der Waals surface area contributed by atoms with Gasteiger partial charge < -0.3 is 16.4 Å². The van der Waals surface area contributed by atoms with Crippen molar-refractivity contribution < 1.29 is 9.59 Å². The zero-order valence-electron chi connectivity index (χ0n) is 14.6. The Morgan fingerprint density at radius 3 is 2.42 bits per heavy atom. The van der Waals surface area contributed by atoms with E-state index in [9.17, 15) is 9.59 Å². The number of halogens is 2. The SMILES string of the molecule is CC(N)C(C)C(=O)Nc1ccccc1C(=O)NCc1cccnc1.Cl.Cl. The maximum atomic E-state index is 12.4. The van der Waals surface area contributed by atoms with Gasteiger partial charge in [0.2, 0.25) is 5.91 Å². The molecule has 0 fully saturated rings. The van der Waals surface area contributed by atoms with Gasteiger partial charge in [0.1, 0.15) is 0 Å². The van der Waals surface area contributed by atoms with Crippen LogP contribution in [-0.2, 0) is 11.3 Å². The Balaban J connectivity index is 0.00000312. The van der Waals surface area contributed by atoms with Crippen molar-refractivity contribution >= 4 is 42.3 Å². The van der Waals surface area contributed by atoms with Crippen LogP contribution in [0.25, 0.3) is 0 Å². The van der Waals surface area contributed by atoms with Crippen molar-refractivity contribution in [3.8, 4) is 0 Å². The molecule has 4 N–H and O–H groups in total. The molecule has 1 aromatic heterocycles. The molecule has 6 nitrogen and oxygen atoms in total. The number of para-hydroxylation sites is 1. The van der Waals surface area contributed by atoms with Crippen LogP contribution in [0.3, 0.4) is 0 Å². The Labute approximate surface area is 165 Å². The summed E-state index contributed by atoms with van der Waals surface area (Å²) in [7, 11) is 0. The third-order valence-electron chi connectivity index (χ3n) is 3.81. The zero-order valence-corrected chi connectivity index (χ0v) is 16.3. The second-order valence-electron chi connectivity index (χ2n) is 5.73. The molecular formula is C18H24Cl2N4O2. The highest BCUT2D eigenvalue weighted by Crippen LogP contribution is 2.17. The van der Waals surface area contributed by atoms with Gasteiger partial charge in [-0.3, -0.25) is 14.6 Å². The lowest BCUT2D eigenvalue weighted by Crippen LogP contribution is -2.35. The van der Waals surface area contributed by atoms with Crippen LogP contribution in [0.4, 0.5) is 5.69 Å². The normalized spacial score (nSPS) is 12.0. The van der Waals surface area contributed by atoms with E-state index in [-0.39, 0.29) is 48.6 Å². The molecule has 2 rings (SSSR count). The van der Waals surface area contributed by atoms with Gasteiger partial charge in [-0.1, -0.05) is 25.1 Å². The molecule has 2 atom stereocenters. The minimum atomic E-state index is -0.350. The first-order chi connectivity index (χ1) is 11.5. The highest BCUT2D eigenvalue weighted by atomic mass is 35.5. The largest absolute Gasteiger partial charge is 0.348 e. The number of nitrogens with one attached hydrogen (secondary N) is 2. The smallest absolute Gasteiger partial charge is 0.253 e. The monoisotopic (exact) mass is 398 g/mol. The fourth-order valence-electron chi connectivity index (χ4n) is 2.06. The average Bonchev–Trinajstić information content (AvgIpc) is 2.60. The van der Waals surface area contributed by atoms with E-state index in [1.807, 2.05) is 12.1 Å². The maximum Gasteiger partial charge on any atom is 0.253 e. The van der Waals surface area contributed by atoms with Gasteiger partial charge in [-0.2, -0.15) is 0 Å². The van der Waals surface area contributed by atoms with Crippen LogP contribution in [0.2, 0.25) is 0 Å². The van der Waals surface area contributed by atoms with E-state index < -0.39 is 0 Å². The number of nitrogens with two attached hydrogens (primary N) is 1. The molecule has 0 aliphatic heterocycles. The molecule has 1 aromatic carbocycles. The Bertz CT molecular complexity index is 711. The van der Waals surface area contributed by atoms with Gasteiger partial charge in [0.05, 0.1) is 17.2 Å². The summed E-state index contributed by atoms with van der Waals surface area (Å²) >= 11 is 0. The maximum absolute atomic E-state index is 12.4. The number of carbonyl (C=O) groups is 2. The van der Waals surface area contributed by atoms with Gasteiger partial charge in [-0.05, 0) is 30.7 Å². The Kier molecular flexibility index (Phi) is 10.5. The minimum Gasteiger partial charge on any atom is -0.348 e. The Morgan fingerprint density at radius 1 is 1.12 bits per heavy atom. The minimum absolute atomic E-state index is 0. The molecule has 0 saturated carbocycles. The second kappa shape index (κ2) is 11.5. The summed E-state index contributed by atoms with van der Waals surface area (Å²) in [6, 6.07) is 10.3. The van der Waals surface area contributed by atoms with E-state index >= 15 is 0 Å². The third-order valence-corrected chi connectivity index (χ3v) is 3.81. The lowest BCUT2D eigenvalue weighted by atomic mass is 10.0. The summed E-state index contributed by atoms with van der Waals surface area (Å²) in [6.45, 7) is 3.90. The summed E-state index contributed by atoms with van der Waals surface area (Å²) in [5.41, 5.74) is 7.54. The van der Waals surface area contributed by atoms with Crippen molar-refractivity contribution in [3.63, 3.8) is 0 Å². The lowest BCUT2D eigenvalue weighted by molar-refractivity contribution is -0.119. The first kappa shape index (κ1) is 23.9. The predicted octanol–water partition coefficient (Wildman–Crippen LogP) is 2.78.